The molecule has 0 heterocycles. The Morgan fingerprint density at radius 2 is 0.894 bits per heavy atom. The summed E-state index contributed by atoms with van der Waals surface area (Å²) >= 11 is 0. The zero-order valence-electron chi connectivity index (χ0n) is 38.2. The molecule has 66 heavy (non-hydrogen) atoms. The van der Waals surface area contributed by atoms with Crippen LogP contribution in [0.1, 0.15) is 68.7 Å². The Kier molecular flexibility index (Phi) is 10.7. The van der Waals surface area contributed by atoms with Gasteiger partial charge >= 0.3 is 0 Å². The first-order valence-corrected chi connectivity index (χ1v) is 23.8. The lowest BCUT2D eigenvalue weighted by Gasteiger charge is -2.42. The van der Waals surface area contributed by atoms with E-state index in [9.17, 15) is 0 Å². The van der Waals surface area contributed by atoms with E-state index >= 15 is 0 Å². The topological polar surface area (TPSA) is 6.48 Å². The Balaban J connectivity index is 1.02. The van der Waals surface area contributed by atoms with Gasteiger partial charge in [0.15, 0.2) is 0 Å². The fourth-order valence-electron chi connectivity index (χ4n) is 11.4. The van der Waals surface area contributed by atoms with E-state index in [2.05, 4.69) is 261 Å². The summed E-state index contributed by atoms with van der Waals surface area (Å²) in [6.07, 6.45) is 4.73. The number of benzene rings is 9. The molecule has 11 rings (SSSR count). The second kappa shape index (κ2) is 17.2. The molecule has 0 N–H and O–H groups in total. The number of rotatable bonds is 10. The summed E-state index contributed by atoms with van der Waals surface area (Å²) in [6.45, 7) is 7.23. The van der Waals surface area contributed by atoms with Gasteiger partial charge in [0, 0.05) is 44.8 Å². The summed E-state index contributed by atoms with van der Waals surface area (Å²) < 4.78 is 0. The summed E-state index contributed by atoms with van der Waals surface area (Å²) in [4.78, 5) is 4.86. The van der Waals surface area contributed by atoms with Gasteiger partial charge in [0.2, 0.25) is 0 Å². The molecule has 1 saturated carbocycles. The maximum absolute atomic E-state index is 2.50. The highest BCUT2D eigenvalue weighted by Crippen LogP contribution is 2.55. The number of anilines is 6. The Hall–Kier alpha value is -7.42. The van der Waals surface area contributed by atoms with Gasteiger partial charge in [0.25, 0.3) is 0 Å². The van der Waals surface area contributed by atoms with Crippen LogP contribution >= 0.6 is 0 Å². The molecule has 0 bridgehead atoms. The number of fused-ring (bicyclic) bond motifs is 3. The normalized spacial score (nSPS) is 17.1. The van der Waals surface area contributed by atoms with Gasteiger partial charge in [-0.05, 0) is 136 Å². The Morgan fingerprint density at radius 3 is 1.48 bits per heavy atom. The molecule has 322 valence electrons. The van der Waals surface area contributed by atoms with E-state index in [0.717, 1.165) is 47.0 Å². The van der Waals surface area contributed by atoms with Gasteiger partial charge in [-0.1, -0.05) is 197 Å². The number of para-hydroxylation sites is 3. The molecular weight excluding hydrogens is 797 g/mol. The molecular formula is C64H56N2. The fraction of sp³-hybridized carbons (Fsp3) is 0.156. The molecule has 0 saturated heterocycles. The highest BCUT2D eigenvalue weighted by molar-refractivity contribution is 5.95. The standard InChI is InChI=1S/C64H56N2/c1-46-20-19-43-64(45-46,49-33-37-53(38-34-49)65(51-25-12-6-13-26-51)52-27-14-7-15-28-52)50-35-39-54(40-36-50)66(61-32-17-16-29-56(61)47-21-8-4-9-22-47)55-41-42-58-60(44-55)63(2,3)59-31-18-30-57(62(58)59)48-23-10-5-11-24-48/h4-18,21-42,44,46H,19-20,43,45H2,1-3H3. The van der Waals surface area contributed by atoms with E-state index in [1.54, 1.807) is 0 Å². The number of hydrogen-bond acceptors (Lipinski definition) is 2. The molecule has 0 aromatic heterocycles. The van der Waals surface area contributed by atoms with Gasteiger partial charge in [0.05, 0.1) is 5.69 Å². The zero-order chi connectivity index (χ0) is 44.7. The van der Waals surface area contributed by atoms with Crippen molar-refractivity contribution in [3.63, 3.8) is 0 Å². The molecule has 0 aliphatic heterocycles. The quantitative estimate of drug-likeness (QED) is 0.135. The van der Waals surface area contributed by atoms with Crippen LogP contribution < -0.4 is 9.80 Å². The highest BCUT2D eigenvalue weighted by Gasteiger charge is 2.40. The van der Waals surface area contributed by atoms with E-state index in [0.29, 0.717) is 5.92 Å². The predicted molar refractivity (Wildman–Crippen MR) is 279 cm³/mol. The first-order chi connectivity index (χ1) is 32.4. The third-order valence-corrected chi connectivity index (χ3v) is 14.6. The summed E-state index contributed by atoms with van der Waals surface area (Å²) in [7, 11) is 0. The van der Waals surface area contributed by atoms with Crippen molar-refractivity contribution in [1.29, 1.82) is 0 Å². The number of hydrogen-bond donors (Lipinski definition) is 0. The second-order valence-electron chi connectivity index (χ2n) is 19.1. The van der Waals surface area contributed by atoms with Crippen LogP contribution in [0.15, 0.2) is 231 Å². The van der Waals surface area contributed by atoms with Crippen molar-refractivity contribution in [2.45, 2.75) is 57.3 Å². The zero-order valence-corrected chi connectivity index (χ0v) is 38.2. The predicted octanol–water partition coefficient (Wildman–Crippen LogP) is 17.8. The van der Waals surface area contributed by atoms with Crippen LogP contribution in [0.3, 0.4) is 0 Å². The molecule has 0 spiro atoms. The summed E-state index contributed by atoms with van der Waals surface area (Å²) in [5.74, 6) is 0.624. The average molecular weight is 853 g/mol. The van der Waals surface area contributed by atoms with Crippen LogP contribution in [0, 0.1) is 5.92 Å². The molecule has 2 heteroatoms. The first-order valence-electron chi connectivity index (χ1n) is 23.8. The number of nitrogens with zero attached hydrogens (tertiary/aromatic N) is 2. The van der Waals surface area contributed by atoms with Crippen LogP contribution in [0.2, 0.25) is 0 Å². The first kappa shape index (κ1) is 41.3. The monoisotopic (exact) mass is 852 g/mol. The molecule has 0 amide bonds. The second-order valence-corrected chi connectivity index (χ2v) is 19.1. The van der Waals surface area contributed by atoms with Crippen molar-refractivity contribution < 1.29 is 0 Å². The van der Waals surface area contributed by atoms with E-state index in [4.69, 9.17) is 0 Å². The van der Waals surface area contributed by atoms with Gasteiger partial charge in [0.1, 0.15) is 0 Å². The Bertz CT molecular complexity index is 3060. The van der Waals surface area contributed by atoms with Gasteiger partial charge < -0.3 is 9.80 Å². The molecule has 1 fully saturated rings. The molecule has 9 aromatic carbocycles. The lowest BCUT2D eigenvalue weighted by Crippen LogP contribution is -2.33. The lowest BCUT2D eigenvalue weighted by atomic mass is 9.62. The molecule has 2 atom stereocenters. The third-order valence-electron chi connectivity index (χ3n) is 14.6. The molecule has 2 unspecified atom stereocenters. The van der Waals surface area contributed by atoms with Crippen LogP contribution in [-0.2, 0) is 10.8 Å². The van der Waals surface area contributed by atoms with Crippen LogP contribution in [-0.4, -0.2) is 0 Å². The minimum Gasteiger partial charge on any atom is -0.311 e. The maximum Gasteiger partial charge on any atom is 0.0540 e. The van der Waals surface area contributed by atoms with Crippen LogP contribution in [0.5, 0.6) is 0 Å². The fourth-order valence-corrected chi connectivity index (χ4v) is 11.4. The minimum absolute atomic E-state index is 0.0916. The van der Waals surface area contributed by atoms with Crippen LogP contribution in [0.25, 0.3) is 33.4 Å². The summed E-state index contributed by atoms with van der Waals surface area (Å²) in [5.41, 5.74) is 19.8. The Morgan fingerprint density at radius 1 is 0.409 bits per heavy atom. The smallest absolute Gasteiger partial charge is 0.0540 e. The summed E-state index contributed by atoms with van der Waals surface area (Å²) in [6, 6.07) is 85.3. The van der Waals surface area contributed by atoms with Gasteiger partial charge in [-0.3, -0.25) is 0 Å². The van der Waals surface area contributed by atoms with Crippen molar-refractivity contribution >= 4 is 34.1 Å². The SMILES string of the molecule is CC1CCCC(c2ccc(N(c3ccccc3)c3ccccc3)cc2)(c2ccc(N(c3ccc4c(c3)C(C)(C)c3cccc(-c5ccccc5)c3-4)c3ccccc3-c3ccccc3)cc2)C1. The van der Waals surface area contributed by atoms with E-state index in [1.807, 2.05) is 0 Å². The molecule has 2 nitrogen and oxygen atoms in total. The van der Waals surface area contributed by atoms with Crippen molar-refractivity contribution in [2.24, 2.45) is 5.92 Å². The van der Waals surface area contributed by atoms with Crippen molar-refractivity contribution in [1.82, 2.24) is 0 Å². The van der Waals surface area contributed by atoms with Gasteiger partial charge in [-0.15, -0.1) is 0 Å². The third kappa shape index (κ3) is 7.31. The summed E-state index contributed by atoms with van der Waals surface area (Å²) in [5, 5.41) is 0. The molecule has 2 aliphatic carbocycles. The van der Waals surface area contributed by atoms with Crippen molar-refractivity contribution in [3.8, 4) is 33.4 Å². The van der Waals surface area contributed by atoms with Crippen LogP contribution in [0.4, 0.5) is 34.1 Å². The molecule has 2 aliphatic rings. The minimum atomic E-state index is -0.182. The Labute approximate surface area is 391 Å². The average Bonchev–Trinajstić information content (AvgIpc) is 3.61. The molecule has 9 aromatic rings. The maximum atomic E-state index is 2.50. The van der Waals surface area contributed by atoms with Gasteiger partial charge in [-0.2, -0.15) is 0 Å². The highest BCUT2D eigenvalue weighted by atomic mass is 15.1. The van der Waals surface area contributed by atoms with Crippen molar-refractivity contribution in [3.05, 3.63) is 253 Å². The largest absolute Gasteiger partial charge is 0.311 e. The van der Waals surface area contributed by atoms with E-state index in [-0.39, 0.29) is 10.8 Å². The van der Waals surface area contributed by atoms with E-state index < -0.39 is 0 Å². The van der Waals surface area contributed by atoms with Crippen molar-refractivity contribution in [2.75, 3.05) is 9.80 Å². The van der Waals surface area contributed by atoms with Gasteiger partial charge in [-0.25, -0.2) is 0 Å². The van der Waals surface area contributed by atoms with E-state index in [1.165, 1.54) is 68.5 Å². The lowest BCUT2D eigenvalue weighted by molar-refractivity contribution is 0.272. The molecule has 0 radical (unpaired) electrons.